The van der Waals surface area contributed by atoms with Crippen LogP contribution in [0.5, 0.6) is 5.75 Å². The molecule has 0 spiro atoms. The number of carbonyl (C=O) groups excluding carboxylic acids is 2. The van der Waals surface area contributed by atoms with Crippen LogP contribution in [0.4, 0.5) is 5.69 Å². The maximum absolute atomic E-state index is 12.5. The summed E-state index contributed by atoms with van der Waals surface area (Å²) in [5, 5.41) is 12.8. The molecule has 0 radical (unpaired) electrons. The molecular formula is C20H15BrCl2N2O4. The van der Waals surface area contributed by atoms with Crippen molar-refractivity contribution >= 4 is 62.8 Å². The SMILES string of the molecule is COC(=O)COc1c(Cl)cc(/C=C(/C#N)C(=O)Nc2cccc(Cl)c2C)cc1Br. The Kier molecular flexibility index (Phi) is 8.09. The summed E-state index contributed by atoms with van der Waals surface area (Å²) in [5.41, 5.74) is 1.56. The molecule has 0 heterocycles. The smallest absolute Gasteiger partial charge is 0.343 e. The lowest BCUT2D eigenvalue weighted by atomic mass is 10.1. The first-order valence-corrected chi connectivity index (χ1v) is 9.68. The zero-order chi connectivity index (χ0) is 21.6. The van der Waals surface area contributed by atoms with Gasteiger partial charge in [-0.05, 0) is 64.3 Å². The molecule has 0 bridgehead atoms. The number of amides is 1. The van der Waals surface area contributed by atoms with Crippen LogP contribution in [0, 0.1) is 18.3 Å². The number of esters is 1. The standard InChI is InChI=1S/C20H15BrCl2N2O4/c1-11-15(22)4-3-5-17(11)25-20(27)13(9-24)6-12-7-14(21)19(16(23)8-12)29-10-18(26)28-2/h3-8H,10H2,1-2H3,(H,25,27)/b13-6-. The number of benzene rings is 2. The molecule has 0 aliphatic heterocycles. The van der Waals surface area contributed by atoms with Crippen molar-refractivity contribution in [3.63, 3.8) is 0 Å². The van der Waals surface area contributed by atoms with Crippen molar-refractivity contribution in [2.45, 2.75) is 6.92 Å². The van der Waals surface area contributed by atoms with Crippen LogP contribution in [0.15, 0.2) is 40.4 Å². The van der Waals surface area contributed by atoms with E-state index >= 15 is 0 Å². The highest BCUT2D eigenvalue weighted by atomic mass is 79.9. The predicted molar refractivity (Wildman–Crippen MR) is 115 cm³/mol. The molecule has 29 heavy (non-hydrogen) atoms. The number of methoxy groups -OCH3 is 1. The molecule has 0 atom stereocenters. The highest BCUT2D eigenvalue weighted by Gasteiger charge is 2.15. The van der Waals surface area contributed by atoms with Crippen molar-refractivity contribution in [3.8, 4) is 11.8 Å². The van der Waals surface area contributed by atoms with Gasteiger partial charge in [0.2, 0.25) is 0 Å². The highest BCUT2D eigenvalue weighted by molar-refractivity contribution is 9.10. The summed E-state index contributed by atoms with van der Waals surface area (Å²) in [5.74, 6) is -0.903. The largest absolute Gasteiger partial charge is 0.479 e. The van der Waals surface area contributed by atoms with Gasteiger partial charge in [-0.3, -0.25) is 4.79 Å². The van der Waals surface area contributed by atoms with Gasteiger partial charge >= 0.3 is 5.97 Å². The van der Waals surface area contributed by atoms with E-state index in [1.165, 1.54) is 19.3 Å². The number of hydrogen-bond acceptors (Lipinski definition) is 5. The molecule has 150 valence electrons. The lowest BCUT2D eigenvalue weighted by Crippen LogP contribution is -2.14. The second-order valence-electron chi connectivity index (χ2n) is 5.71. The monoisotopic (exact) mass is 496 g/mol. The quantitative estimate of drug-likeness (QED) is 0.338. The number of nitriles is 1. The fourth-order valence-electron chi connectivity index (χ4n) is 2.24. The fourth-order valence-corrected chi connectivity index (χ4v) is 3.40. The number of ether oxygens (including phenoxy) is 2. The van der Waals surface area contributed by atoms with Crippen molar-refractivity contribution < 1.29 is 19.1 Å². The topological polar surface area (TPSA) is 88.4 Å². The Hall–Kier alpha value is -2.53. The lowest BCUT2D eigenvalue weighted by Gasteiger charge is -2.11. The van der Waals surface area contributed by atoms with E-state index in [9.17, 15) is 14.9 Å². The van der Waals surface area contributed by atoms with E-state index in [-0.39, 0.29) is 23.0 Å². The van der Waals surface area contributed by atoms with E-state index in [4.69, 9.17) is 27.9 Å². The highest BCUT2D eigenvalue weighted by Crippen LogP contribution is 2.35. The molecule has 2 aromatic rings. The number of hydrogen-bond donors (Lipinski definition) is 1. The van der Waals surface area contributed by atoms with E-state index in [1.54, 1.807) is 31.2 Å². The Morgan fingerprint density at radius 1 is 1.28 bits per heavy atom. The summed E-state index contributed by atoms with van der Waals surface area (Å²) in [7, 11) is 1.25. The first-order valence-electron chi connectivity index (χ1n) is 8.13. The molecule has 6 nitrogen and oxygen atoms in total. The number of nitrogens with zero attached hydrogens (tertiary/aromatic N) is 1. The summed E-state index contributed by atoms with van der Waals surface area (Å²) in [6.07, 6.45) is 1.38. The number of carbonyl (C=O) groups is 2. The molecule has 2 aromatic carbocycles. The summed E-state index contributed by atoms with van der Waals surface area (Å²) in [4.78, 5) is 23.7. The minimum Gasteiger partial charge on any atom is -0.479 e. The van der Waals surface area contributed by atoms with Gasteiger partial charge in [0, 0.05) is 10.7 Å². The van der Waals surface area contributed by atoms with Crippen LogP contribution in [-0.2, 0) is 14.3 Å². The Bertz CT molecular complexity index is 1010. The average Bonchev–Trinajstić information content (AvgIpc) is 2.68. The molecule has 2 rings (SSSR count). The molecule has 0 aliphatic carbocycles. The third-order valence-corrected chi connectivity index (χ3v) is 5.05. The minimum absolute atomic E-state index is 0.129. The number of anilines is 1. The normalized spacial score (nSPS) is 10.8. The van der Waals surface area contributed by atoms with Crippen LogP contribution in [0.1, 0.15) is 11.1 Å². The van der Waals surface area contributed by atoms with Gasteiger partial charge in [0.05, 0.1) is 16.6 Å². The molecule has 1 amide bonds. The number of rotatable bonds is 6. The van der Waals surface area contributed by atoms with E-state index in [2.05, 4.69) is 26.0 Å². The Morgan fingerprint density at radius 2 is 2.00 bits per heavy atom. The van der Waals surface area contributed by atoms with Gasteiger partial charge in [0.1, 0.15) is 11.6 Å². The molecular weight excluding hydrogens is 483 g/mol. The van der Waals surface area contributed by atoms with Crippen molar-refractivity contribution in [2.75, 3.05) is 19.0 Å². The zero-order valence-electron chi connectivity index (χ0n) is 15.4. The van der Waals surface area contributed by atoms with Crippen LogP contribution in [0.3, 0.4) is 0 Å². The third-order valence-electron chi connectivity index (χ3n) is 3.77. The first-order chi connectivity index (χ1) is 13.8. The Labute approximate surface area is 186 Å². The molecule has 9 heteroatoms. The van der Waals surface area contributed by atoms with Gasteiger partial charge in [0.15, 0.2) is 12.4 Å². The van der Waals surface area contributed by atoms with Gasteiger partial charge in [-0.15, -0.1) is 0 Å². The van der Waals surface area contributed by atoms with E-state index in [0.717, 1.165) is 0 Å². The Balaban J connectivity index is 2.26. The molecule has 0 unspecified atom stereocenters. The van der Waals surface area contributed by atoms with Gasteiger partial charge in [-0.2, -0.15) is 5.26 Å². The first kappa shape index (κ1) is 22.8. The second kappa shape index (κ2) is 10.3. The van der Waals surface area contributed by atoms with Crippen LogP contribution >= 0.6 is 39.1 Å². The van der Waals surface area contributed by atoms with Gasteiger partial charge in [-0.25, -0.2) is 4.79 Å². The van der Waals surface area contributed by atoms with Crippen LogP contribution < -0.4 is 10.1 Å². The van der Waals surface area contributed by atoms with Crippen LogP contribution in [0.25, 0.3) is 6.08 Å². The minimum atomic E-state index is -0.587. The number of halogens is 3. The molecule has 1 N–H and O–H groups in total. The summed E-state index contributed by atoms with van der Waals surface area (Å²) >= 11 is 15.6. The van der Waals surface area contributed by atoms with Gasteiger partial charge in [0.25, 0.3) is 5.91 Å². The fraction of sp³-hybridized carbons (Fsp3) is 0.150. The Morgan fingerprint density at radius 3 is 2.62 bits per heavy atom. The van der Waals surface area contributed by atoms with Gasteiger partial charge in [-0.1, -0.05) is 29.3 Å². The maximum Gasteiger partial charge on any atom is 0.343 e. The van der Waals surface area contributed by atoms with Crippen LogP contribution in [-0.4, -0.2) is 25.6 Å². The third kappa shape index (κ3) is 5.97. The van der Waals surface area contributed by atoms with Gasteiger partial charge < -0.3 is 14.8 Å². The zero-order valence-corrected chi connectivity index (χ0v) is 18.5. The van der Waals surface area contributed by atoms with E-state index in [0.29, 0.717) is 26.3 Å². The van der Waals surface area contributed by atoms with Crippen molar-refractivity contribution in [1.29, 1.82) is 5.26 Å². The lowest BCUT2D eigenvalue weighted by molar-refractivity contribution is -0.142. The van der Waals surface area contributed by atoms with Crippen LogP contribution in [0.2, 0.25) is 10.0 Å². The molecule has 0 fully saturated rings. The molecule has 0 saturated heterocycles. The summed E-state index contributed by atoms with van der Waals surface area (Å²) < 4.78 is 10.3. The van der Waals surface area contributed by atoms with E-state index < -0.39 is 11.9 Å². The number of nitrogens with one attached hydrogen (secondary N) is 1. The second-order valence-corrected chi connectivity index (χ2v) is 7.38. The summed E-state index contributed by atoms with van der Waals surface area (Å²) in [6.45, 7) is 1.45. The average molecular weight is 498 g/mol. The molecule has 0 aliphatic rings. The van der Waals surface area contributed by atoms with E-state index in [1.807, 2.05) is 6.07 Å². The van der Waals surface area contributed by atoms with Crippen molar-refractivity contribution in [1.82, 2.24) is 0 Å². The molecule has 0 saturated carbocycles. The van der Waals surface area contributed by atoms with Crippen molar-refractivity contribution in [3.05, 3.63) is 61.5 Å². The predicted octanol–water partition coefficient (Wildman–Crippen LogP) is 5.16. The maximum atomic E-state index is 12.5. The summed E-state index contributed by atoms with van der Waals surface area (Å²) in [6, 6.07) is 10.1. The molecule has 0 aromatic heterocycles. The van der Waals surface area contributed by atoms with Crippen molar-refractivity contribution in [2.24, 2.45) is 0 Å².